The monoisotopic (exact) mass is 335 g/mol. The number of rotatable bonds is 2. The van der Waals surface area contributed by atoms with Crippen molar-refractivity contribution in [3.05, 3.63) is 41.0 Å². The summed E-state index contributed by atoms with van der Waals surface area (Å²) in [5.74, 6) is 0.617. The molecule has 1 saturated heterocycles. The van der Waals surface area contributed by atoms with Crippen LogP contribution in [-0.2, 0) is 16.0 Å². The summed E-state index contributed by atoms with van der Waals surface area (Å²) in [5, 5.41) is 0. The van der Waals surface area contributed by atoms with Crippen LogP contribution in [0.2, 0.25) is 0 Å². The lowest BCUT2D eigenvalue weighted by Gasteiger charge is -2.34. The first kappa shape index (κ1) is 15.4. The van der Waals surface area contributed by atoms with E-state index in [1.165, 1.54) is 23.3 Å². The Kier molecular flexibility index (Phi) is 3.41. The summed E-state index contributed by atoms with van der Waals surface area (Å²) in [6, 6.07) is 7.98. The fourth-order valence-corrected chi connectivity index (χ4v) is 6.03. The highest BCUT2D eigenvalue weighted by molar-refractivity contribution is 6.22. The minimum atomic E-state index is -0.0947. The van der Waals surface area contributed by atoms with Gasteiger partial charge in [-0.1, -0.05) is 30.2 Å². The molecule has 4 aliphatic rings. The third-order valence-electron chi connectivity index (χ3n) is 7.10. The molecule has 3 fully saturated rings. The number of allylic oxidation sites excluding steroid dienone is 2. The number of hydrogen-bond acceptors (Lipinski definition) is 2. The number of aryl methyl sites for hydroxylation is 1. The number of benzene rings is 1. The van der Waals surface area contributed by atoms with Crippen LogP contribution in [0.1, 0.15) is 51.0 Å². The van der Waals surface area contributed by atoms with E-state index in [2.05, 4.69) is 6.92 Å². The number of imide groups is 1. The van der Waals surface area contributed by atoms with Gasteiger partial charge in [-0.2, -0.15) is 0 Å². The van der Waals surface area contributed by atoms with Gasteiger partial charge >= 0.3 is 0 Å². The molecule has 0 unspecified atom stereocenters. The molecule has 5 rings (SSSR count). The molecule has 2 amide bonds. The number of fused-ring (bicyclic) bond motifs is 5. The van der Waals surface area contributed by atoms with Gasteiger partial charge in [0.25, 0.3) is 0 Å². The fourth-order valence-electron chi connectivity index (χ4n) is 6.03. The van der Waals surface area contributed by atoms with Gasteiger partial charge in [0, 0.05) is 0 Å². The molecule has 0 N–H and O–H groups in total. The van der Waals surface area contributed by atoms with Crippen molar-refractivity contribution in [2.24, 2.45) is 23.7 Å². The Bertz CT molecular complexity index is 734. The van der Waals surface area contributed by atoms with Crippen molar-refractivity contribution in [3.63, 3.8) is 0 Å². The summed E-state index contributed by atoms with van der Waals surface area (Å²) in [6.07, 6.45) is 7.84. The molecule has 3 aliphatic carbocycles. The number of carbonyl (C=O) groups excluding carboxylic acids is 2. The molecular weight excluding hydrogens is 310 g/mol. The van der Waals surface area contributed by atoms with Gasteiger partial charge in [0.1, 0.15) is 0 Å². The summed E-state index contributed by atoms with van der Waals surface area (Å²) in [4.78, 5) is 28.2. The molecule has 1 aliphatic heterocycles. The van der Waals surface area contributed by atoms with E-state index < -0.39 is 0 Å². The lowest BCUT2D eigenvalue weighted by molar-refractivity contribution is -0.122. The van der Waals surface area contributed by atoms with E-state index in [1.807, 2.05) is 24.3 Å². The van der Waals surface area contributed by atoms with E-state index in [0.29, 0.717) is 11.8 Å². The topological polar surface area (TPSA) is 37.4 Å². The average molecular weight is 335 g/mol. The predicted molar refractivity (Wildman–Crippen MR) is 97.0 cm³/mol. The normalized spacial score (nSPS) is 33.7. The average Bonchev–Trinajstić information content (AvgIpc) is 3.33. The SMILES string of the molecule is CCc1ccc(N2C(=O)[C@@H]3[C@@H](C2=O)[C@H]2CCCC2=C2CCC[C@@H]23)cc1. The van der Waals surface area contributed by atoms with Crippen molar-refractivity contribution in [2.75, 3.05) is 4.90 Å². The van der Waals surface area contributed by atoms with Crippen molar-refractivity contribution < 1.29 is 9.59 Å². The number of carbonyl (C=O) groups is 2. The van der Waals surface area contributed by atoms with Gasteiger partial charge in [-0.3, -0.25) is 14.5 Å². The molecule has 2 saturated carbocycles. The molecule has 0 spiro atoms. The highest BCUT2D eigenvalue weighted by Gasteiger charge is 2.59. The van der Waals surface area contributed by atoms with Crippen molar-refractivity contribution >= 4 is 17.5 Å². The minimum absolute atomic E-state index is 0.0644. The standard InChI is InChI=1S/C22H25NO2/c1-2-13-9-11-14(12-10-13)23-21(24)19-17-7-3-5-15(17)16-6-4-8-18(16)20(19)22(23)25/h9-12,17-20H,2-8H2,1H3/t17-,18-,19-,20-/m0/s1. The van der Waals surface area contributed by atoms with Gasteiger partial charge in [0.2, 0.25) is 11.8 Å². The summed E-state index contributed by atoms with van der Waals surface area (Å²) in [5.41, 5.74) is 5.12. The van der Waals surface area contributed by atoms with Crippen LogP contribution >= 0.6 is 0 Å². The maximum Gasteiger partial charge on any atom is 0.238 e. The van der Waals surface area contributed by atoms with Crippen LogP contribution in [0.25, 0.3) is 0 Å². The first-order valence-electron chi connectivity index (χ1n) is 9.89. The lowest BCUT2D eigenvalue weighted by atomic mass is 9.66. The maximum atomic E-state index is 13.3. The summed E-state index contributed by atoms with van der Waals surface area (Å²) < 4.78 is 0. The fraction of sp³-hybridized carbons (Fsp3) is 0.545. The largest absolute Gasteiger partial charge is 0.274 e. The van der Waals surface area contributed by atoms with Crippen LogP contribution in [0.5, 0.6) is 0 Å². The molecular formula is C22H25NO2. The summed E-state index contributed by atoms with van der Waals surface area (Å²) in [7, 11) is 0. The van der Waals surface area contributed by atoms with Crippen LogP contribution in [-0.4, -0.2) is 11.8 Å². The molecule has 1 aromatic carbocycles. The van der Waals surface area contributed by atoms with Crippen LogP contribution in [0.4, 0.5) is 5.69 Å². The zero-order valence-corrected chi connectivity index (χ0v) is 14.8. The second kappa shape index (κ2) is 5.55. The highest BCUT2D eigenvalue weighted by atomic mass is 16.2. The molecule has 0 bridgehead atoms. The molecule has 3 nitrogen and oxygen atoms in total. The van der Waals surface area contributed by atoms with Gasteiger partial charge < -0.3 is 0 Å². The number of anilines is 1. The van der Waals surface area contributed by atoms with Gasteiger partial charge in [0.05, 0.1) is 17.5 Å². The lowest BCUT2D eigenvalue weighted by Crippen LogP contribution is -2.35. The quantitative estimate of drug-likeness (QED) is 0.598. The second-order valence-corrected chi connectivity index (χ2v) is 8.13. The Balaban J connectivity index is 1.56. The Hall–Kier alpha value is -1.90. The first-order valence-corrected chi connectivity index (χ1v) is 9.89. The van der Waals surface area contributed by atoms with Crippen LogP contribution < -0.4 is 4.90 Å². The third-order valence-corrected chi connectivity index (χ3v) is 7.10. The van der Waals surface area contributed by atoms with Gasteiger partial charge in [-0.15, -0.1) is 0 Å². The molecule has 1 heterocycles. The highest BCUT2D eigenvalue weighted by Crippen LogP contribution is 2.57. The van der Waals surface area contributed by atoms with E-state index in [-0.39, 0.29) is 23.7 Å². The third kappa shape index (κ3) is 2.04. The summed E-state index contributed by atoms with van der Waals surface area (Å²) >= 11 is 0. The molecule has 25 heavy (non-hydrogen) atoms. The predicted octanol–water partition coefficient (Wildman–Crippen LogP) is 4.27. The summed E-state index contributed by atoms with van der Waals surface area (Å²) in [6.45, 7) is 2.12. The molecule has 0 radical (unpaired) electrons. The Morgan fingerprint density at radius 2 is 1.40 bits per heavy atom. The molecule has 4 atom stereocenters. The van der Waals surface area contributed by atoms with E-state index in [1.54, 1.807) is 11.1 Å². The van der Waals surface area contributed by atoms with E-state index in [0.717, 1.165) is 37.8 Å². The zero-order chi connectivity index (χ0) is 17.1. The van der Waals surface area contributed by atoms with Crippen molar-refractivity contribution in [3.8, 4) is 0 Å². The zero-order valence-electron chi connectivity index (χ0n) is 14.8. The van der Waals surface area contributed by atoms with Crippen LogP contribution in [0.15, 0.2) is 35.4 Å². The van der Waals surface area contributed by atoms with Gasteiger partial charge in [-0.25, -0.2) is 0 Å². The molecule has 3 heteroatoms. The number of hydrogen-bond donors (Lipinski definition) is 0. The number of nitrogens with zero attached hydrogens (tertiary/aromatic N) is 1. The minimum Gasteiger partial charge on any atom is -0.274 e. The van der Waals surface area contributed by atoms with E-state index >= 15 is 0 Å². The Morgan fingerprint density at radius 3 is 1.88 bits per heavy atom. The maximum absolute atomic E-state index is 13.3. The Morgan fingerprint density at radius 1 is 0.880 bits per heavy atom. The smallest absolute Gasteiger partial charge is 0.238 e. The van der Waals surface area contributed by atoms with Crippen molar-refractivity contribution in [1.82, 2.24) is 0 Å². The molecule has 130 valence electrons. The number of amides is 2. The van der Waals surface area contributed by atoms with E-state index in [9.17, 15) is 9.59 Å². The van der Waals surface area contributed by atoms with Crippen LogP contribution in [0.3, 0.4) is 0 Å². The Labute approximate surface area is 149 Å². The van der Waals surface area contributed by atoms with Crippen molar-refractivity contribution in [1.29, 1.82) is 0 Å². The van der Waals surface area contributed by atoms with Crippen LogP contribution in [0, 0.1) is 23.7 Å². The van der Waals surface area contributed by atoms with Gasteiger partial charge in [0.15, 0.2) is 0 Å². The van der Waals surface area contributed by atoms with Crippen molar-refractivity contribution in [2.45, 2.75) is 51.9 Å². The second-order valence-electron chi connectivity index (χ2n) is 8.13. The molecule has 0 aromatic heterocycles. The van der Waals surface area contributed by atoms with Gasteiger partial charge in [-0.05, 0) is 74.5 Å². The first-order chi connectivity index (χ1) is 12.2. The van der Waals surface area contributed by atoms with E-state index in [4.69, 9.17) is 0 Å². The molecule has 1 aromatic rings.